The lowest BCUT2D eigenvalue weighted by molar-refractivity contribution is -0.148. The molecule has 2 heterocycles. The van der Waals surface area contributed by atoms with Crippen LogP contribution in [-0.2, 0) is 4.79 Å². The Hall–Kier alpha value is -1.26. The van der Waals surface area contributed by atoms with Gasteiger partial charge in [0.15, 0.2) is 0 Å². The zero-order valence-corrected chi connectivity index (χ0v) is 13.5. The van der Waals surface area contributed by atoms with Crippen LogP contribution in [0.4, 0.5) is 4.79 Å². The number of urea groups is 1. The number of hydrogen-bond donors (Lipinski definition) is 1. The summed E-state index contributed by atoms with van der Waals surface area (Å²) in [7, 11) is 0. The number of carboxylic acid groups (broad SMARTS) is 1. The molecular weight excluding hydrogens is 268 g/mol. The van der Waals surface area contributed by atoms with E-state index < -0.39 is 11.5 Å². The Morgan fingerprint density at radius 1 is 1.05 bits per heavy atom. The lowest BCUT2D eigenvalue weighted by Gasteiger charge is -2.37. The van der Waals surface area contributed by atoms with Gasteiger partial charge in [0.05, 0.1) is 0 Å². The second-order valence-corrected chi connectivity index (χ2v) is 7.23. The zero-order chi connectivity index (χ0) is 15.7. The molecule has 0 bridgehead atoms. The summed E-state index contributed by atoms with van der Waals surface area (Å²) in [6.45, 7) is 8.40. The summed E-state index contributed by atoms with van der Waals surface area (Å²) < 4.78 is 0. The molecule has 0 aromatic carbocycles. The maximum absolute atomic E-state index is 12.8. The topological polar surface area (TPSA) is 60.9 Å². The summed E-state index contributed by atoms with van der Waals surface area (Å²) >= 11 is 0. The van der Waals surface area contributed by atoms with E-state index in [9.17, 15) is 14.7 Å². The van der Waals surface area contributed by atoms with Gasteiger partial charge in [-0.25, -0.2) is 9.59 Å². The van der Waals surface area contributed by atoms with Crippen LogP contribution in [0, 0.1) is 5.41 Å². The number of carbonyl (C=O) groups is 2. The average molecular weight is 296 g/mol. The number of amides is 2. The Morgan fingerprint density at radius 2 is 1.71 bits per heavy atom. The van der Waals surface area contributed by atoms with E-state index in [1.54, 1.807) is 4.90 Å². The van der Waals surface area contributed by atoms with E-state index in [2.05, 4.69) is 13.8 Å². The van der Waals surface area contributed by atoms with Gasteiger partial charge >= 0.3 is 12.0 Å². The SMILES string of the molecule is CCC1(C(=O)O)CCCN1C(=O)N1CCCC(C)(C)CC1. The van der Waals surface area contributed by atoms with Crippen molar-refractivity contribution < 1.29 is 14.7 Å². The molecule has 1 atom stereocenters. The molecule has 0 saturated carbocycles. The standard InChI is InChI=1S/C16H28N2O3/c1-4-16(13(19)20)8-6-11-18(16)14(21)17-10-5-7-15(2,3)9-12-17/h4-12H2,1-3H3,(H,19,20). The molecule has 1 N–H and O–H groups in total. The second-order valence-electron chi connectivity index (χ2n) is 7.23. The highest BCUT2D eigenvalue weighted by Gasteiger charge is 2.49. The van der Waals surface area contributed by atoms with E-state index in [4.69, 9.17) is 0 Å². The largest absolute Gasteiger partial charge is 0.479 e. The summed E-state index contributed by atoms with van der Waals surface area (Å²) in [6, 6.07) is -0.0746. The van der Waals surface area contributed by atoms with Crippen molar-refractivity contribution in [2.45, 2.75) is 64.8 Å². The Balaban J connectivity index is 2.13. The van der Waals surface area contributed by atoms with Crippen molar-refractivity contribution in [2.75, 3.05) is 19.6 Å². The molecule has 21 heavy (non-hydrogen) atoms. The Morgan fingerprint density at radius 3 is 2.33 bits per heavy atom. The van der Waals surface area contributed by atoms with E-state index in [0.29, 0.717) is 19.4 Å². The first-order valence-electron chi connectivity index (χ1n) is 8.12. The molecule has 2 rings (SSSR count). The first-order chi connectivity index (χ1) is 9.82. The van der Waals surface area contributed by atoms with Crippen LogP contribution in [0.2, 0.25) is 0 Å². The second kappa shape index (κ2) is 5.85. The third-order valence-electron chi connectivity index (χ3n) is 5.31. The number of rotatable bonds is 2. The minimum atomic E-state index is -0.987. The average Bonchev–Trinajstić information content (AvgIpc) is 2.78. The molecule has 2 amide bonds. The fraction of sp³-hybridized carbons (Fsp3) is 0.875. The molecule has 2 saturated heterocycles. The molecule has 5 heteroatoms. The van der Waals surface area contributed by atoms with Gasteiger partial charge < -0.3 is 14.9 Å². The maximum Gasteiger partial charge on any atom is 0.329 e. The first-order valence-corrected chi connectivity index (χ1v) is 8.12. The smallest absolute Gasteiger partial charge is 0.329 e. The number of carbonyl (C=O) groups excluding carboxylic acids is 1. The van der Waals surface area contributed by atoms with Gasteiger partial charge in [0.1, 0.15) is 5.54 Å². The summed E-state index contributed by atoms with van der Waals surface area (Å²) in [5.41, 5.74) is -0.715. The van der Waals surface area contributed by atoms with Crippen LogP contribution in [0.15, 0.2) is 0 Å². The normalized spacial score (nSPS) is 29.3. The van der Waals surface area contributed by atoms with Crippen LogP contribution in [0.3, 0.4) is 0 Å². The van der Waals surface area contributed by atoms with E-state index in [1.165, 1.54) is 0 Å². The minimum Gasteiger partial charge on any atom is -0.479 e. The summed E-state index contributed by atoms with van der Waals surface area (Å²) in [4.78, 5) is 28.0. The molecule has 2 fully saturated rings. The number of hydrogen-bond acceptors (Lipinski definition) is 2. The lowest BCUT2D eigenvalue weighted by atomic mass is 9.85. The van der Waals surface area contributed by atoms with Crippen molar-refractivity contribution in [3.05, 3.63) is 0 Å². The Labute approximate surface area is 127 Å². The predicted molar refractivity (Wildman–Crippen MR) is 81.2 cm³/mol. The van der Waals surface area contributed by atoms with Crippen LogP contribution < -0.4 is 0 Å². The number of aliphatic carboxylic acids is 1. The monoisotopic (exact) mass is 296 g/mol. The Bertz CT molecular complexity index is 422. The number of nitrogens with zero attached hydrogens (tertiary/aromatic N) is 2. The first kappa shape index (κ1) is 16.1. The lowest BCUT2D eigenvalue weighted by Crippen LogP contribution is -2.56. The highest BCUT2D eigenvalue weighted by molar-refractivity contribution is 5.87. The van der Waals surface area contributed by atoms with Gasteiger partial charge in [0, 0.05) is 19.6 Å². The van der Waals surface area contributed by atoms with Crippen LogP contribution in [0.25, 0.3) is 0 Å². The predicted octanol–water partition coefficient (Wildman–Crippen LogP) is 2.95. The van der Waals surface area contributed by atoms with Crippen molar-refractivity contribution in [2.24, 2.45) is 5.41 Å². The highest BCUT2D eigenvalue weighted by Crippen LogP contribution is 2.35. The molecule has 0 spiro atoms. The van der Waals surface area contributed by atoms with Gasteiger partial charge in [-0.1, -0.05) is 20.8 Å². The quantitative estimate of drug-likeness (QED) is 0.852. The molecular formula is C16H28N2O3. The van der Waals surface area contributed by atoms with E-state index in [1.807, 2.05) is 11.8 Å². The molecule has 2 aliphatic heterocycles. The zero-order valence-electron chi connectivity index (χ0n) is 13.5. The van der Waals surface area contributed by atoms with Crippen LogP contribution in [-0.4, -0.2) is 52.1 Å². The number of carboxylic acids is 1. The molecule has 0 aromatic heterocycles. The van der Waals surface area contributed by atoms with E-state index >= 15 is 0 Å². The van der Waals surface area contributed by atoms with Crippen molar-refractivity contribution in [1.82, 2.24) is 9.80 Å². The molecule has 1 unspecified atom stereocenters. The van der Waals surface area contributed by atoms with Gasteiger partial charge in [-0.2, -0.15) is 0 Å². The molecule has 5 nitrogen and oxygen atoms in total. The Kier molecular flexibility index (Phi) is 4.49. The summed E-state index contributed by atoms with van der Waals surface area (Å²) in [5.74, 6) is -0.856. The van der Waals surface area contributed by atoms with Crippen molar-refractivity contribution in [3.63, 3.8) is 0 Å². The van der Waals surface area contributed by atoms with Gasteiger partial charge in [-0.3, -0.25) is 0 Å². The molecule has 0 radical (unpaired) electrons. The van der Waals surface area contributed by atoms with Crippen LogP contribution in [0.5, 0.6) is 0 Å². The maximum atomic E-state index is 12.8. The fourth-order valence-corrected chi connectivity index (χ4v) is 3.68. The van der Waals surface area contributed by atoms with E-state index in [0.717, 1.165) is 38.8 Å². The van der Waals surface area contributed by atoms with Gasteiger partial charge in [0.2, 0.25) is 0 Å². The van der Waals surface area contributed by atoms with E-state index in [-0.39, 0.29) is 11.4 Å². The minimum absolute atomic E-state index is 0.0746. The van der Waals surface area contributed by atoms with Gasteiger partial charge in [-0.05, 0) is 43.9 Å². The van der Waals surface area contributed by atoms with Crippen molar-refractivity contribution >= 4 is 12.0 Å². The number of likely N-dealkylation sites (tertiary alicyclic amines) is 2. The van der Waals surface area contributed by atoms with Gasteiger partial charge in [0.25, 0.3) is 0 Å². The highest BCUT2D eigenvalue weighted by atomic mass is 16.4. The van der Waals surface area contributed by atoms with Crippen LogP contribution >= 0.6 is 0 Å². The fourth-order valence-electron chi connectivity index (χ4n) is 3.68. The van der Waals surface area contributed by atoms with Crippen LogP contribution in [0.1, 0.15) is 59.3 Å². The van der Waals surface area contributed by atoms with Crippen molar-refractivity contribution in [1.29, 1.82) is 0 Å². The summed E-state index contributed by atoms with van der Waals surface area (Å²) in [5, 5.41) is 9.61. The molecule has 120 valence electrons. The third-order valence-corrected chi connectivity index (χ3v) is 5.31. The van der Waals surface area contributed by atoms with Gasteiger partial charge in [-0.15, -0.1) is 0 Å². The molecule has 0 aromatic rings. The van der Waals surface area contributed by atoms with Crippen molar-refractivity contribution in [3.8, 4) is 0 Å². The molecule has 2 aliphatic rings. The summed E-state index contributed by atoms with van der Waals surface area (Å²) in [6.07, 6.45) is 4.94. The molecule has 0 aliphatic carbocycles. The third kappa shape index (κ3) is 3.01.